The van der Waals surface area contributed by atoms with E-state index in [1.807, 2.05) is 6.92 Å². The predicted molar refractivity (Wildman–Crippen MR) is 79.3 cm³/mol. The minimum atomic E-state index is -0.407. The molecule has 1 aliphatic heterocycles. The van der Waals surface area contributed by atoms with E-state index in [-0.39, 0.29) is 23.4 Å². The van der Waals surface area contributed by atoms with Crippen molar-refractivity contribution < 1.29 is 18.6 Å². The highest BCUT2D eigenvalue weighted by atomic mass is 19.1. The van der Waals surface area contributed by atoms with Crippen LogP contribution in [0.5, 0.6) is 0 Å². The first kappa shape index (κ1) is 15.8. The molecule has 2 aliphatic rings. The highest BCUT2D eigenvalue weighted by Crippen LogP contribution is 2.51. The van der Waals surface area contributed by atoms with E-state index in [0.29, 0.717) is 25.1 Å². The summed E-state index contributed by atoms with van der Waals surface area (Å²) in [5.41, 5.74) is 0.263. The molecule has 122 valence electrons. The molecule has 2 unspecified atom stereocenters. The number of ether oxygens (including phenoxy) is 1. The minimum Gasteiger partial charge on any atom is -0.392 e. The highest BCUT2D eigenvalue weighted by Gasteiger charge is 2.55. The maximum absolute atomic E-state index is 13.7. The lowest BCUT2D eigenvalue weighted by atomic mass is 9.58. The van der Waals surface area contributed by atoms with Crippen LogP contribution in [0.2, 0.25) is 0 Å². The van der Waals surface area contributed by atoms with Gasteiger partial charge in [-0.3, -0.25) is 4.90 Å². The smallest absolute Gasteiger partial charge is 0.127 e. The molecule has 1 aliphatic carbocycles. The van der Waals surface area contributed by atoms with E-state index in [1.165, 1.54) is 12.1 Å². The van der Waals surface area contributed by atoms with Gasteiger partial charge < -0.3 is 9.84 Å². The van der Waals surface area contributed by atoms with Gasteiger partial charge in [0.15, 0.2) is 0 Å². The van der Waals surface area contributed by atoms with Crippen LogP contribution in [0.25, 0.3) is 0 Å². The molecule has 5 heteroatoms. The van der Waals surface area contributed by atoms with E-state index >= 15 is 0 Å². The van der Waals surface area contributed by atoms with Crippen molar-refractivity contribution in [2.24, 2.45) is 5.41 Å². The summed E-state index contributed by atoms with van der Waals surface area (Å²) in [5.74, 6) is -0.770. The summed E-state index contributed by atoms with van der Waals surface area (Å²) in [5, 5.41) is 10.2. The lowest BCUT2D eigenvalue weighted by Gasteiger charge is -2.56. The number of hydrogen-bond donors (Lipinski definition) is 1. The van der Waals surface area contributed by atoms with Gasteiger partial charge in [0.1, 0.15) is 11.6 Å². The Morgan fingerprint density at radius 3 is 2.68 bits per heavy atom. The number of piperidine rings is 1. The van der Waals surface area contributed by atoms with E-state index in [0.717, 1.165) is 32.0 Å². The lowest BCUT2D eigenvalue weighted by Crippen LogP contribution is -2.62. The number of rotatable bonds is 4. The van der Waals surface area contributed by atoms with E-state index in [2.05, 4.69) is 4.90 Å². The fourth-order valence-corrected chi connectivity index (χ4v) is 3.85. The Labute approximate surface area is 129 Å². The molecule has 1 aromatic carbocycles. The van der Waals surface area contributed by atoms with Crippen molar-refractivity contribution in [2.45, 2.75) is 44.9 Å². The number of halogens is 2. The van der Waals surface area contributed by atoms with Crippen LogP contribution in [0.15, 0.2) is 18.2 Å². The average Bonchev–Trinajstić information content (AvgIpc) is 2.51. The molecule has 2 fully saturated rings. The van der Waals surface area contributed by atoms with Crippen LogP contribution in [0, 0.1) is 17.0 Å². The first-order chi connectivity index (χ1) is 10.5. The minimum absolute atomic E-state index is 0.132. The Morgan fingerprint density at radius 2 is 2.05 bits per heavy atom. The summed E-state index contributed by atoms with van der Waals surface area (Å²) in [6, 6.07) is 3.58. The van der Waals surface area contributed by atoms with Gasteiger partial charge >= 0.3 is 0 Å². The fraction of sp³-hybridized carbons (Fsp3) is 0.647. The van der Waals surface area contributed by atoms with Crippen molar-refractivity contribution in [3.05, 3.63) is 35.4 Å². The molecule has 22 heavy (non-hydrogen) atoms. The van der Waals surface area contributed by atoms with Gasteiger partial charge in [-0.05, 0) is 51.1 Å². The second-order valence-corrected chi connectivity index (χ2v) is 6.44. The summed E-state index contributed by atoms with van der Waals surface area (Å²) in [6.45, 7) is 4.60. The molecule has 1 saturated carbocycles. The third-order valence-electron chi connectivity index (χ3n) is 5.30. The normalized spacial score (nSPS) is 27.8. The van der Waals surface area contributed by atoms with Crippen LogP contribution in [0.3, 0.4) is 0 Å². The molecule has 1 spiro atoms. The number of likely N-dealkylation sites (tertiary alicyclic amines) is 1. The van der Waals surface area contributed by atoms with Crippen LogP contribution < -0.4 is 0 Å². The third-order valence-corrected chi connectivity index (χ3v) is 5.30. The Balaban J connectivity index is 1.61. The van der Waals surface area contributed by atoms with Crippen LogP contribution in [-0.2, 0) is 11.3 Å². The van der Waals surface area contributed by atoms with Gasteiger partial charge in [0.25, 0.3) is 0 Å². The molecule has 0 radical (unpaired) electrons. The largest absolute Gasteiger partial charge is 0.392 e. The van der Waals surface area contributed by atoms with E-state index in [1.54, 1.807) is 0 Å². The number of hydrogen-bond acceptors (Lipinski definition) is 3. The number of benzene rings is 1. The molecule has 0 bridgehead atoms. The molecule has 3 rings (SSSR count). The Morgan fingerprint density at radius 1 is 1.32 bits per heavy atom. The zero-order chi connectivity index (χ0) is 15.7. The Hall–Kier alpha value is -1.04. The van der Waals surface area contributed by atoms with Crippen molar-refractivity contribution in [3.63, 3.8) is 0 Å². The van der Waals surface area contributed by atoms with Crippen LogP contribution in [0.1, 0.15) is 31.7 Å². The Kier molecular flexibility index (Phi) is 4.48. The number of aliphatic hydroxyl groups is 1. The number of nitrogens with zero attached hydrogens (tertiary/aromatic N) is 1. The van der Waals surface area contributed by atoms with Crippen LogP contribution in [-0.4, -0.2) is 41.9 Å². The summed E-state index contributed by atoms with van der Waals surface area (Å²) in [6.07, 6.45) is 2.25. The first-order valence-electron chi connectivity index (χ1n) is 8.01. The maximum atomic E-state index is 13.7. The molecule has 3 nitrogen and oxygen atoms in total. The summed E-state index contributed by atoms with van der Waals surface area (Å²) in [4.78, 5) is 2.12. The van der Waals surface area contributed by atoms with Crippen LogP contribution in [0.4, 0.5) is 8.78 Å². The topological polar surface area (TPSA) is 32.7 Å². The van der Waals surface area contributed by atoms with Crippen molar-refractivity contribution in [1.82, 2.24) is 4.90 Å². The van der Waals surface area contributed by atoms with Crippen LogP contribution >= 0.6 is 0 Å². The van der Waals surface area contributed by atoms with Gasteiger partial charge in [0.05, 0.1) is 12.2 Å². The standard InChI is InChI=1S/C17H23F2NO2/c1-2-22-16-10-15(21)17(16)5-7-20(8-6-17)11-12-9-13(18)3-4-14(12)19/h3-4,9,15-16,21H,2,5-8,10-11H2,1H3. The zero-order valence-corrected chi connectivity index (χ0v) is 12.9. The van der Waals surface area contributed by atoms with Crippen molar-refractivity contribution in [3.8, 4) is 0 Å². The highest BCUT2D eigenvalue weighted by molar-refractivity contribution is 5.19. The van der Waals surface area contributed by atoms with Gasteiger partial charge in [-0.2, -0.15) is 0 Å². The average molecular weight is 311 g/mol. The molecule has 1 aromatic rings. The van der Waals surface area contributed by atoms with E-state index < -0.39 is 5.82 Å². The molecule has 0 amide bonds. The SMILES string of the molecule is CCOC1CC(O)C12CCN(Cc1cc(F)ccc1F)CC2. The molecular weight excluding hydrogens is 288 g/mol. The van der Waals surface area contributed by atoms with E-state index in [4.69, 9.17) is 4.74 Å². The molecule has 1 saturated heterocycles. The van der Waals surface area contributed by atoms with Crippen molar-refractivity contribution in [2.75, 3.05) is 19.7 Å². The second-order valence-electron chi connectivity index (χ2n) is 6.44. The van der Waals surface area contributed by atoms with Gasteiger partial charge in [0, 0.05) is 30.6 Å². The third kappa shape index (κ3) is 2.77. The van der Waals surface area contributed by atoms with Crippen molar-refractivity contribution in [1.29, 1.82) is 0 Å². The predicted octanol–water partition coefficient (Wildman–Crippen LogP) is 2.72. The van der Waals surface area contributed by atoms with Gasteiger partial charge in [-0.15, -0.1) is 0 Å². The molecule has 1 heterocycles. The number of aliphatic hydroxyl groups excluding tert-OH is 1. The maximum Gasteiger partial charge on any atom is 0.127 e. The van der Waals surface area contributed by atoms with Crippen molar-refractivity contribution >= 4 is 0 Å². The molecule has 1 N–H and O–H groups in total. The Bertz CT molecular complexity index is 527. The zero-order valence-electron chi connectivity index (χ0n) is 12.9. The quantitative estimate of drug-likeness (QED) is 0.928. The first-order valence-corrected chi connectivity index (χ1v) is 8.01. The monoisotopic (exact) mass is 311 g/mol. The van der Waals surface area contributed by atoms with Gasteiger partial charge in [-0.25, -0.2) is 8.78 Å². The lowest BCUT2D eigenvalue weighted by molar-refractivity contribution is -0.209. The van der Waals surface area contributed by atoms with Gasteiger partial charge in [-0.1, -0.05) is 0 Å². The fourth-order valence-electron chi connectivity index (χ4n) is 3.85. The molecule has 2 atom stereocenters. The van der Waals surface area contributed by atoms with E-state index in [9.17, 15) is 13.9 Å². The summed E-state index contributed by atoms with van der Waals surface area (Å²) < 4.78 is 32.7. The second kappa shape index (κ2) is 6.22. The summed E-state index contributed by atoms with van der Waals surface area (Å²) >= 11 is 0. The van der Waals surface area contributed by atoms with Gasteiger partial charge in [0.2, 0.25) is 0 Å². The molecular formula is C17H23F2NO2. The summed E-state index contributed by atoms with van der Waals surface area (Å²) in [7, 11) is 0. The molecule has 0 aromatic heterocycles.